The molecule has 0 spiro atoms. The second-order valence-electron chi connectivity index (χ2n) is 5.67. The van der Waals surface area contributed by atoms with E-state index in [1.165, 1.54) is 24.4 Å². The lowest BCUT2D eigenvalue weighted by Crippen LogP contribution is -2.13. The molecular formula is C17H14N4O4S. The molecule has 2 aromatic carbocycles. The first-order chi connectivity index (χ1) is 12.4. The van der Waals surface area contributed by atoms with Crippen molar-refractivity contribution in [2.75, 3.05) is 4.72 Å². The Kier molecular flexibility index (Phi) is 3.66. The predicted molar refractivity (Wildman–Crippen MR) is 96.3 cm³/mol. The van der Waals surface area contributed by atoms with Gasteiger partial charge in [-0.2, -0.15) is 5.10 Å². The summed E-state index contributed by atoms with van der Waals surface area (Å²) in [5, 5.41) is 4.15. The number of fused-ring (bicyclic) bond motifs is 1. The fraction of sp³-hybridized carbons (Fsp3) is 0.0588. The van der Waals surface area contributed by atoms with Crippen molar-refractivity contribution in [3.63, 3.8) is 0 Å². The summed E-state index contributed by atoms with van der Waals surface area (Å²) in [5.74, 6) is -0.638. The number of hydrogen-bond donors (Lipinski definition) is 2. The Morgan fingerprint density at radius 1 is 1.15 bits per heavy atom. The molecule has 26 heavy (non-hydrogen) atoms. The summed E-state index contributed by atoms with van der Waals surface area (Å²) in [6, 6.07) is 13.5. The molecule has 0 aliphatic carbocycles. The maximum Gasteiger partial charge on any atom is 0.417 e. The Hall–Kier alpha value is -3.33. The number of sulfonamides is 1. The molecule has 4 aromatic rings. The molecule has 132 valence electrons. The Morgan fingerprint density at radius 3 is 2.69 bits per heavy atom. The van der Waals surface area contributed by atoms with E-state index in [0.29, 0.717) is 16.9 Å². The second-order valence-corrected chi connectivity index (χ2v) is 7.36. The van der Waals surface area contributed by atoms with Crippen LogP contribution in [0, 0.1) is 0 Å². The molecule has 2 heterocycles. The number of benzene rings is 2. The zero-order valence-corrected chi connectivity index (χ0v) is 14.4. The van der Waals surface area contributed by atoms with Crippen molar-refractivity contribution in [1.82, 2.24) is 14.8 Å². The first-order valence-corrected chi connectivity index (χ1v) is 9.15. The van der Waals surface area contributed by atoms with Gasteiger partial charge < -0.3 is 4.42 Å². The molecule has 2 N–H and O–H groups in total. The zero-order valence-electron chi connectivity index (χ0n) is 13.6. The third-order valence-corrected chi connectivity index (χ3v) is 5.30. The van der Waals surface area contributed by atoms with Gasteiger partial charge in [0, 0.05) is 18.7 Å². The molecule has 0 unspecified atom stereocenters. The van der Waals surface area contributed by atoms with Gasteiger partial charge in [0.15, 0.2) is 5.58 Å². The molecule has 0 bridgehead atoms. The summed E-state index contributed by atoms with van der Waals surface area (Å²) in [7, 11) is -2.16. The Morgan fingerprint density at radius 2 is 1.92 bits per heavy atom. The number of aryl methyl sites for hydroxylation is 1. The van der Waals surface area contributed by atoms with Gasteiger partial charge in [-0.25, -0.2) is 13.2 Å². The van der Waals surface area contributed by atoms with Crippen LogP contribution in [-0.4, -0.2) is 23.2 Å². The van der Waals surface area contributed by atoms with Gasteiger partial charge in [-0.15, -0.1) is 0 Å². The van der Waals surface area contributed by atoms with Crippen LogP contribution in [-0.2, 0) is 17.1 Å². The zero-order chi connectivity index (χ0) is 18.3. The maximum absolute atomic E-state index is 12.8. The number of anilines is 1. The van der Waals surface area contributed by atoms with Crippen molar-refractivity contribution in [3.05, 3.63) is 65.3 Å². The monoisotopic (exact) mass is 370 g/mol. The van der Waals surface area contributed by atoms with Crippen molar-refractivity contribution in [1.29, 1.82) is 0 Å². The van der Waals surface area contributed by atoms with Gasteiger partial charge in [0.05, 0.1) is 28.0 Å². The Bertz CT molecular complexity index is 1250. The molecule has 0 radical (unpaired) electrons. The fourth-order valence-corrected chi connectivity index (χ4v) is 3.81. The van der Waals surface area contributed by atoms with Crippen molar-refractivity contribution >= 4 is 26.8 Å². The molecule has 0 aliphatic rings. The minimum Gasteiger partial charge on any atom is -0.408 e. The lowest BCUT2D eigenvalue weighted by Gasteiger charge is -2.10. The van der Waals surface area contributed by atoms with Crippen molar-refractivity contribution in [2.45, 2.75) is 4.90 Å². The van der Waals surface area contributed by atoms with Crippen LogP contribution in [0.25, 0.3) is 22.4 Å². The fourth-order valence-electron chi connectivity index (χ4n) is 2.75. The molecule has 0 aliphatic heterocycles. The van der Waals surface area contributed by atoms with Crippen molar-refractivity contribution < 1.29 is 12.8 Å². The topological polar surface area (TPSA) is 110 Å². The molecule has 8 nitrogen and oxygen atoms in total. The summed E-state index contributed by atoms with van der Waals surface area (Å²) in [5.41, 5.74) is 2.43. The number of oxazole rings is 1. The standard InChI is InChI=1S/C17H14N4O4S/c1-21-16(11-5-3-2-4-6-11)14(10-18-21)20-26(23,24)12-7-8-13-15(9-12)25-17(22)19-13/h2-10,20H,1H3,(H,19,22). The van der Waals surface area contributed by atoms with Crippen LogP contribution in [0.1, 0.15) is 0 Å². The van der Waals surface area contributed by atoms with E-state index in [4.69, 9.17) is 4.42 Å². The molecular weight excluding hydrogens is 356 g/mol. The molecule has 0 amide bonds. The van der Waals surface area contributed by atoms with Crippen LogP contribution in [0.3, 0.4) is 0 Å². The van der Waals surface area contributed by atoms with E-state index in [-0.39, 0.29) is 10.5 Å². The number of aromatic amines is 1. The maximum atomic E-state index is 12.8. The molecule has 0 fully saturated rings. The predicted octanol–water partition coefficient (Wildman–Crippen LogP) is 2.32. The third kappa shape index (κ3) is 2.78. The van der Waals surface area contributed by atoms with Crippen LogP contribution < -0.4 is 10.5 Å². The highest BCUT2D eigenvalue weighted by molar-refractivity contribution is 7.92. The van der Waals surface area contributed by atoms with Gasteiger partial charge in [0.25, 0.3) is 10.0 Å². The van der Waals surface area contributed by atoms with Crippen LogP contribution in [0.15, 0.2) is 68.8 Å². The van der Waals surface area contributed by atoms with E-state index in [1.54, 1.807) is 11.7 Å². The molecule has 0 saturated heterocycles. The molecule has 2 aromatic heterocycles. The van der Waals surface area contributed by atoms with E-state index in [9.17, 15) is 13.2 Å². The minimum atomic E-state index is -3.89. The number of hydrogen-bond acceptors (Lipinski definition) is 5. The summed E-state index contributed by atoms with van der Waals surface area (Å²) in [6.07, 6.45) is 1.45. The smallest absolute Gasteiger partial charge is 0.408 e. The highest BCUT2D eigenvalue weighted by Crippen LogP contribution is 2.29. The lowest BCUT2D eigenvalue weighted by molar-refractivity contribution is 0.554. The molecule has 9 heteroatoms. The Labute approximate surface area is 148 Å². The average molecular weight is 370 g/mol. The number of aromatic nitrogens is 3. The highest BCUT2D eigenvalue weighted by atomic mass is 32.2. The average Bonchev–Trinajstić information content (AvgIpc) is 3.16. The molecule has 4 rings (SSSR count). The quantitative estimate of drug-likeness (QED) is 0.573. The second kappa shape index (κ2) is 5.88. The summed E-state index contributed by atoms with van der Waals surface area (Å²) in [4.78, 5) is 13.7. The molecule has 0 atom stereocenters. The van der Waals surface area contributed by atoms with Gasteiger partial charge in [0.2, 0.25) is 0 Å². The van der Waals surface area contributed by atoms with Crippen LogP contribution in [0.5, 0.6) is 0 Å². The van der Waals surface area contributed by atoms with E-state index in [1.807, 2.05) is 30.3 Å². The van der Waals surface area contributed by atoms with Crippen LogP contribution in [0.2, 0.25) is 0 Å². The van der Waals surface area contributed by atoms with Gasteiger partial charge in [-0.3, -0.25) is 14.4 Å². The van der Waals surface area contributed by atoms with E-state index >= 15 is 0 Å². The molecule has 0 saturated carbocycles. The summed E-state index contributed by atoms with van der Waals surface area (Å²) < 4.78 is 34.6. The van der Waals surface area contributed by atoms with Gasteiger partial charge >= 0.3 is 5.76 Å². The summed E-state index contributed by atoms with van der Waals surface area (Å²) in [6.45, 7) is 0. The van der Waals surface area contributed by atoms with Crippen LogP contribution in [0.4, 0.5) is 5.69 Å². The number of nitrogens with zero attached hydrogens (tertiary/aromatic N) is 2. The van der Waals surface area contributed by atoms with Crippen molar-refractivity contribution in [3.8, 4) is 11.3 Å². The largest absolute Gasteiger partial charge is 0.417 e. The SMILES string of the molecule is Cn1ncc(NS(=O)(=O)c2ccc3[nH]c(=O)oc3c2)c1-c1ccccc1. The number of nitrogens with one attached hydrogen (secondary N) is 2. The third-order valence-electron chi connectivity index (χ3n) is 3.93. The van der Waals surface area contributed by atoms with Gasteiger partial charge in [-0.05, 0) is 12.1 Å². The van der Waals surface area contributed by atoms with Gasteiger partial charge in [-0.1, -0.05) is 30.3 Å². The first-order valence-electron chi connectivity index (χ1n) is 7.67. The van der Waals surface area contributed by atoms with E-state index < -0.39 is 15.8 Å². The highest BCUT2D eigenvalue weighted by Gasteiger charge is 2.20. The van der Waals surface area contributed by atoms with Gasteiger partial charge in [0.1, 0.15) is 0 Å². The van der Waals surface area contributed by atoms with Crippen molar-refractivity contribution in [2.24, 2.45) is 7.05 Å². The normalized spacial score (nSPS) is 11.7. The first kappa shape index (κ1) is 16.2. The number of rotatable bonds is 4. The summed E-state index contributed by atoms with van der Waals surface area (Å²) >= 11 is 0. The minimum absolute atomic E-state index is 0.0179. The van der Waals surface area contributed by atoms with E-state index in [0.717, 1.165) is 5.56 Å². The Balaban J connectivity index is 1.75. The van der Waals surface area contributed by atoms with Crippen LogP contribution >= 0.6 is 0 Å². The number of H-pyrrole nitrogens is 1. The lowest BCUT2D eigenvalue weighted by atomic mass is 10.1. The van der Waals surface area contributed by atoms with E-state index in [2.05, 4.69) is 14.8 Å².